The molecule has 0 radical (unpaired) electrons. The molecule has 0 unspecified atom stereocenters. The fraction of sp³-hybridized carbons (Fsp3) is 0.280. The van der Waals surface area contributed by atoms with Crippen LogP contribution in [0.1, 0.15) is 12.5 Å². The minimum Gasteiger partial charge on any atom is -0.406 e. The molecule has 0 saturated carbocycles. The number of carbonyl (C=O) groups excluding carboxylic acids is 1. The highest BCUT2D eigenvalue weighted by Gasteiger charge is 2.32. The number of amidine groups is 1. The smallest absolute Gasteiger partial charge is 0.406 e. The Labute approximate surface area is 211 Å². The van der Waals surface area contributed by atoms with Gasteiger partial charge in [0.05, 0.1) is 5.56 Å². The van der Waals surface area contributed by atoms with Crippen molar-refractivity contribution < 1.29 is 22.7 Å². The van der Waals surface area contributed by atoms with Gasteiger partial charge in [-0.05, 0) is 56.1 Å². The Morgan fingerprint density at radius 2 is 1.89 bits per heavy atom. The van der Waals surface area contributed by atoms with Gasteiger partial charge in [-0.3, -0.25) is 9.98 Å². The molecule has 1 atom stereocenters. The van der Waals surface area contributed by atoms with Crippen molar-refractivity contribution in [3.05, 3.63) is 60.4 Å². The molecule has 2 amide bonds. The number of halogens is 3. The maximum atomic E-state index is 12.9. The van der Waals surface area contributed by atoms with E-state index in [0.29, 0.717) is 31.1 Å². The van der Waals surface area contributed by atoms with E-state index in [1.165, 1.54) is 12.1 Å². The first-order valence-electron chi connectivity index (χ1n) is 11.4. The lowest BCUT2D eigenvalue weighted by Crippen LogP contribution is -2.56. The molecule has 0 aliphatic carbocycles. The van der Waals surface area contributed by atoms with Gasteiger partial charge in [0.1, 0.15) is 17.4 Å². The molecule has 0 spiro atoms. The second-order valence-electron chi connectivity index (χ2n) is 8.38. The van der Waals surface area contributed by atoms with E-state index in [9.17, 15) is 18.0 Å². The van der Waals surface area contributed by atoms with Crippen molar-refractivity contribution >= 4 is 30.1 Å². The van der Waals surface area contributed by atoms with Crippen molar-refractivity contribution in [2.24, 2.45) is 9.98 Å². The summed E-state index contributed by atoms with van der Waals surface area (Å²) in [6, 6.07) is 10.3. The van der Waals surface area contributed by atoms with Crippen LogP contribution in [0, 0.1) is 0 Å². The van der Waals surface area contributed by atoms with Crippen molar-refractivity contribution in [3.8, 4) is 17.0 Å². The Hall–Kier alpha value is -4.35. The summed E-state index contributed by atoms with van der Waals surface area (Å²) in [4.78, 5) is 32.6. The number of benzene rings is 1. The molecule has 9 nitrogen and oxygen atoms in total. The third kappa shape index (κ3) is 6.08. The van der Waals surface area contributed by atoms with E-state index in [0.717, 1.165) is 34.8 Å². The van der Waals surface area contributed by atoms with Crippen LogP contribution in [-0.2, 0) is 0 Å². The molecule has 1 aliphatic rings. The Kier molecular flexibility index (Phi) is 7.46. The molecule has 37 heavy (non-hydrogen) atoms. The van der Waals surface area contributed by atoms with Gasteiger partial charge in [0.2, 0.25) is 0 Å². The maximum absolute atomic E-state index is 12.9. The molecule has 1 aromatic carbocycles. The zero-order valence-corrected chi connectivity index (χ0v) is 20.3. The van der Waals surface area contributed by atoms with Crippen LogP contribution in [0.15, 0.2) is 64.8 Å². The normalized spacial score (nSPS) is 16.5. The molecule has 1 fully saturated rings. The first-order chi connectivity index (χ1) is 17.7. The standard InChI is InChI=1S/C25H26F3N7O2/c1-16-15-34(23(30-3)20-14-21(33-22(20)29-2)17-8-10-31-11-9-17)12-13-35(16)24(36)32-18-4-6-19(7-5-18)37-25(26,27)28/h4-11,14,16,33H,2,12-13,15H2,1,3H3,(H,32,36)/t16-/m0/s1. The summed E-state index contributed by atoms with van der Waals surface area (Å²) < 4.78 is 40.9. The SMILES string of the molecule is C=Nc1[nH]c(-c2ccncc2)cc1C(=NC)N1CCN(C(=O)Nc2ccc(OC(F)(F)F)cc2)[C@@H](C)C1. The van der Waals surface area contributed by atoms with Crippen LogP contribution in [0.5, 0.6) is 5.75 Å². The number of rotatable bonds is 5. The summed E-state index contributed by atoms with van der Waals surface area (Å²) >= 11 is 0. The summed E-state index contributed by atoms with van der Waals surface area (Å²) in [5.74, 6) is 0.966. The number of piperazine rings is 1. The van der Waals surface area contributed by atoms with Crippen LogP contribution in [0.2, 0.25) is 0 Å². The summed E-state index contributed by atoms with van der Waals surface area (Å²) in [6.45, 7) is 7.06. The number of carbonyl (C=O) groups is 1. The molecule has 1 aliphatic heterocycles. The van der Waals surface area contributed by atoms with E-state index in [1.54, 1.807) is 24.3 Å². The molecule has 3 aromatic rings. The van der Waals surface area contributed by atoms with Gasteiger partial charge < -0.3 is 24.8 Å². The topological polar surface area (TPSA) is 98.2 Å². The quantitative estimate of drug-likeness (QED) is 0.374. The minimum absolute atomic E-state index is 0.169. The molecular weight excluding hydrogens is 487 g/mol. The number of hydrogen-bond acceptors (Lipinski definition) is 5. The molecular formula is C25H26F3N7O2. The van der Waals surface area contributed by atoms with E-state index in [1.807, 2.05) is 25.1 Å². The van der Waals surface area contributed by atoms with Crippen molar-refractivity contribution in [1.82, 2.24) is 19.8 Å². The average molecular weight is 514 g/mol. The Balaban J connectivity index is 1.43. The molecule has 12 heteroatoms. The van der Waals surface area contributed by atoms with Gasteiger partial charge in [0, 0.05) is 62.1 Å². The predicted molar refractivity (Wildman–Crippen MR) is 136 cm³/mol. The molecule has 2 aromatic heterocycles. The lowest BCUT2D eigenvalue weighted by Gasteiger charge is -2.41. The fourth-order valence-corrected chi connectivity index (χ4v) is 4.24. The summed E-state index contributed by atoms with van der Waals surface area (Å²) in [6.07, 6.45) is -1.35. The van der Waals surface area contributed by atoms with Crippen LogP contribution in [-0.4, -0.2) is 77.4 Å². The van der Waals surface area contributed by atoms with E-state index < -0.39 is 6.36 Å². The van der Waals surface area contributed by atoms with Gasteiger partial charge in [0.15, 0.2) is 0 Å². The van der Waals surface area contributed by atoms with Crippen LogP contribution < -0.4 is 10.1 Å². The number of pyridine rings is 1. The number of nitrogens with one attached hydrogen (secondary N) is 2. The van der Waals surface area contributed by atoms with E-state index in [-0.39, 0.29) is 17.8 Å². The second kappa shape index (κ2) is 10.7. The highest BCUT2D eigenvalue weighted by molar-refractivity contribution is 6.04. The first-order valence-corrected chi connectivity index (χ1v) is 11.4. The third-order valence-electron chi connectivity index (χ3n) is 5.93. The summed E-state index contributed by atoms with van der Waals surface area (Å²) in [7, 11) is 1.71. The molecule has 4 rings (SSSR count). The van der Waals surface area contributed by atoms with E-state index >= 15 is 0 Å². The predicted octanol–water partition coefficient (Wildman–Crippen LogP) is 4.92. The number of H-pyrrole nitrogens is 1. The van der Waals surface area contributed by atoms with Crippen molar-refractivity contribution in [3.63, 3.8) is 0 Å². The first kappa shape index (κ1) is 25.7. The number of ether oxygens (including phenoxy) is 1. The van der Waals surface area contributed by atoms with Crippen LogP contribution in [0.25, 0.3) is 11.3 Å². The number of hydrogen-bond donors (Lipinski definition) is 2. The summed E-state index contributed by atoms with van der Waals surface area (Å²) in [5.41, 5.74) is 2.98. The van der Waals surface area contributed by atoms with Crippen LogP contribution in [0.4, 0.5) is 29.5 Å². The largest absolute Gasteiger partial charge is 0.573 e. The highest BCUT2D eigenvalue weighted by Crippen LogP contribution is 2.29. The summed E-state index contributed by atoms with van der Waals surface area (Å²) in [5, 5.41) is 2.73. The number of urea groups is 1. The van der Waals surface area contributed by atoms with Gasteiger partial charge in [0.25, 0.3) is 0 Å². The van der Waals surface area contributed by atoms with Crippen LogP contribution >= 0.6 is 0 Å². The van der Waals surface area contributed by atoms with E-state index in [4.69, 9.17) is 0 Å². The van der Waals surface area contributed by atoms with E-state index in [2.05, 4.69) is 41.6 Å². The lowest BCUT2D eigenvalue weighted by molar-refractivity contribution is -0.274. The van der Waals surface area contributed by atoms with Crippen molar-refractivity contribution in [2.45, 2.75) is 19.3 Å². The second-order valence-corrected chi connectivity index (χ2v) is 8.38. The monoisotopic (exact) mass is 513 g/mol. The number of aliphatic imine (C=N–C) groups is 2. The Morgan fingerprint density at radius 3 is 2.49 bits per heavy atom. The number of nitrogens with zero attached hydrogens (tertiary/aromatic N) is 5. The number of aromatic amines is 1. The maximum Gasteiger partial charge on any atom is 0.573 e. The highest BCUT2D eigenvalue weighted by atomic mass is 19.4. The Bertz CT molecular complexity index is 1270. The zero-order valence-electron chi connectivity index (χ0n) is 20.3. The molecule has 0 bridgehead atoms. The number of amides is 2. The number of alkyl halides is 3. The van der Waals surface area contributed by atoms with Gasteiger partial charge in [-0.15, -0.1) is 13.2 Å². The lowest BCUT2D eigenvalue weighted by atomic mass is 10.1. The van der Waals surface area contributed by atoms with Crippen LogP contribution in [0.3, 0.4) is 0 Å². The molecule has 2 N–H and O–H groups in total. The molecule has 3 heterocycles. The van der Waals surface area contributed by atoms with Gasteiger partial charge in [-0.25, -0.2) is 9.79 Å². The van der Waals surface area contributed by atoms with Crippen molar-refractivity contribution in [2.75, 3.05) is 32.0 Å². The molecule has 194 valence electrons. The molecule has 1 saturated heterocycles. The number of anilines is 1. The zero-order chi connectivity index (χ0) is 26.6. The Morgan fingerprint density at radius 1 is 1.19 bits per heavy atom. The number of aromatic nitrogens is 2. The third-order valence-corrected chi connectivity index (χ3v) is 5.93. The van der Waals surface area contributed by atoms with Gasteiger partial charge >= 0.3 is 12.4 Å². The minimum atomic E-state index is -4.77. The average Bonchev–Trinajstić information content (AvgIpc) is 3.29. The van der Waals surface area contributed by atoms with Gasteiger partial charge in [-0.1, -0.05) is 0 Å². The van der Waals surface area contributed by atoms with Gasteiger partial charge in [-0.2, -0.15) is 0 Å². The van der Waals surface area contributed by atoms with Crippen molar-refractivity contribution in [1.29, 1.82) is 0 Å². The fourth-order valence-electron chi connectivity index (χ4n) is 4.24.